The first-order valence-corrected chi connectivity index (χ1v) is 6.71. The molecule has 0 unspecified atom stereocenters. The molecule has 2 rings (SSSR count). The zero-order valence-corrected chi connectivity index (χ0v) is 10.3. The lowest BCUT2D eigenvalue weighted by Gasteiger charge is -2.42. The summed E-state index contributed by atoms with van der Waals surface area (Å²) in [6.07, 6.45) is 7.05. The molecule has 1 saturated heterocycles. The first-order chi connectivity index (χ1) is 7.31. The Bertz CT molecular complexity index is 179. The maximum atomic E-state index is 3.41. The van der Waals surface area contributed by atoms with Crippen molar-refractivity contribution in [1.82, 2.24) is 10.2 Å². The highest BCUT2D eigenvalue weighted by Gasteiger charge is 2.28. The Morgan fingerprint density at radius 3 is 2.27 bits per heavy atom. The first kappa shape index (κ1) is 11.4. The summed E-state index contributed by atoms with van der Waals surface area (Å²) < 4.78 is 0. The van der Waals surface area contributed by atoms with Crippen LogP contribution in [0.15, 0.2) is 0 Å². The molecule has 0 radical (unpaired) electrons. The van der Waals surface area contributed by atoms with Crippen molar-refractivity contribution >= 4 is 0 Å². The highest BCUT2D eigenvalue weighted by Crippen LogP contribution is 2.28. The van der Waals surface area contributed by atoms with E-state index >= 15 is 0 Å². The number of likely N-dealkylation sites (tertiary alicyclic amines) is 1. The van der Waals surface area contributed by atoms with Crippen LogP contribution in [0.5, 0.6) is 0 Å². The zero-order chi connectivity index (χ0) is 10.7. The van der Waals surface area contributed by atoms with E-state index in [4.69, 9.17) is 0 Å². The molecule has 0 aromatic heterocycles. The summed E-state index contributed by atoms with van der Waals surface area (Å²) in [5.74, 6) is 2.01. The smallest absolute Gasteiger partial charge is 0.00642 e. The van der Waals surface area contributed by atoms with Crippen molar-refractivity contribution in [3.05, 3.63) is 0 Å². The van der Waals surface area contributed by atoms with E-state index < -0.39 is 0 Å². The number of rotatable bonds is 4. The molecule has 0 aromatic rings. The molecule has 2 fully saturated rings. The van der Waals surface area contributed by atoms with Crippen LogP contribution in [-0.4, -0.2) is 37.6 Å². The van der Waals surface area contributed by atoms with Crippen molar-refractivity contribution in [2.75, 3.05) is 26.7 Å². The van der Waals surface area contributed by atoms with Gasteiger partial charge in [-0.25, -0.2) is 0 Å². The Kier molecular flexibility index (Phi) is 4.04. The van der Waals surface area contributed by atoms with E-state index in [0.717, 1.165) is 17.9 Å². The van der Waals surface area contributed by atoms with Crippen LogP contribution in [0, 0.1) is 11.8 Å². The molecule has 2 nitrogen and oxygen atoms in total. The summed E-state index contributed by atoms with van der Waals surface area (Å²) in [5, 5.41) is 3.41. The van der Waals surface area contributed by atoms with Crippen molar-refractivity contribution in [1.29, 1.82) is 0 Å². The number of hydrogen-bond donors (Lipinski definition) is 1. The van der Waals surface area contributed by atoms with Crippen molar-refractivity contribution in [2.45, 2.75) is 45.1 Å². The zero-order valence-electron chi connectivity index (χ0n) is 10.3. The quantitative estimate of drug-likeness (QED) is 0.764. The second-order valence-corrected chi connectivity index (χ2v) is 5.50. The van der Waals surface area contributed by atoms with E-state index in [9.17, 15) is 0 Å². The molecule has 0 amide bonds. The average Bonchev–Trinajstić information content (AvgIpc) is 2.23. The van der Waals surface area contributed by atoms with Gasteiger partial charge < -0.3 is 10.2 Å². The molecule has 0 atom stereocenters. The Labute approximate surface area is 94.4 Å². The summed E-state index contributed by atoms with van der Waals surface area (Å²) in [7, 11) is 2.10. The monoisotopic (exact) mass is 210 g/mol. The van der Waals surface area contributed by atoms with Gasteiger partial charge in [-0.05, 0) is 44.6 Å². The maximum absolute atomic E-state index is 3.41. The van der Waals surface area contributed by atoms with Crippen LogP contribution in [0.1, 0.15) is 39.0 Å². The fraction of sp³-hybridized carbons (Fsp3) is 1.00. The molecule has 1 aliphatic heterocycles. The predicted molar refractivity (Wildman–Crippen MR) is 65.0 cm³/mol. The normalized spacial score (nSPS) is 34.0. The van der Waals surface area contributed by atoms with Crippen LogP contribution >= 0.6 is 0 Å². The summed E-state index contributed by atoms with van der Waals surface area (Å²) in [5.41, 5.74) is 0. The molecule has 88 valence electrons. The van der Waals surface area contributed by atoms with Crippen LogP contribution in [0.25, 0.3) is 0 Å². The Morgan fingerprint density at radius 1 is 1.07 bits per heavy atom. The third kappa shape index (κ3) is 2.94. The van der Waals surface area contributed by atoms with Gasteiger partial charge in [0, 0.05) is 25.7 Å². The van der Waals surface area contributed by atoms with Gasteiger partial charge in [0.05, 0.1) is 0 Å². The molecule has 1 heterocycles. The molecule has 0 bridgehead atoms. The summed E-state index contributed by atoms with van der Waals surface area (Å²) >= 11 is 0. The lowest BCUT2D eigenvalue weighted by molar-refractivity contribution is 0.0689. The minimum Gasteiger partial charge on any atom is -0.317 e. The summed E-state index contributed by atoms with van der Waals surface area (Å²) in [4.78, 5) is 2.67. The second-order valence-electron chi connectivity index (χ2n) is 5.50. The standard InChI is InChI=1S/C13H26N2/c1-3-11-8-15(9-11)10-12-4-6-13(14-2)7-5-12/h11-14H,3-10H2,1-2H3. The van der Waals surface area contributed by atoms with E-state index in [1.807, 2.05) is 0 Å². The van der Waals surface area contributed by atoms with E-state index in [0.29, 0.717) is 0 Å². The molecule has 0 aromatic carbocycles. The van der Waals surface area contributed by atoms with Gasteiger partial charge in [-0.3, -0.25) is 0 Å². The van der Waals surface area contributed by atoms with Crippen LogP contribution in [0.4, 0.5) is 0 Å². The largest absolute Gasteiger partial charge is 0.317 e. The Hall–Kier alpha value is -0.0800. The van der Waals surface area contributed by atoms with Crippen LogP contribution < -0.4 is 5.32 Å². The maximum Gasteiger partial charge on any atom is 0.00642 e. The van der Waals surface area contributed by atoms with Crippen molar-refractivity contribution in [3.63, 3.8) is 0 Å². The third-order valence-corrected chi connectivity index (χ3v) is 4.38. The molecule has 2 aliphatic rings. The fourth-order valence-corrected chi connectivity index (χ4v) is 3.08. The van der Waals surface area contributed by atoms with Gasteiger partial charge in [0.1, 0.15) is 0 Å². The molecular weight excluding hydrogens is 184 g/mol. The Morgan fingerprint density at radius 2 is 1.73 bits per heavy atom. The van der Waals surface area contributed by atoms with Crippen LogP contribution in [0.2, 0.25) is 0 Å². The Balaban J connectivity index is 1.61. The fourth-order valence-electron chi connectivity index (χ4n) is 3.08. The molecule has 1 N–H and O–H groups in total. The number of nitrogens with zero attached hydrogens (tertiary/aromatic N) is 1. The highest BCUT2D eigenvalue weighted by molar-refractivity contribution is 4.83. The van der Waals surface area contributed by atoms with Gasteiger partial charge >= 0.3 is 0 Å². The van der Waals surface area contributed by atoms with Gasteiger partial charge in [0.15, 0.2) is 0 Å². The van der Waals surface area contributed by atoms with Crippen molar-refractivity contribution < 1.29 is 0 Å². The van der Waals surface area contributed by atoms with E-state index in [-0.39, 0.29) is 0 Å². The highest BCUT2D eigenvalue weighted by atomic mass is 15.2. The molecule has 0 spiro atoms. The van der Waals surface area contributed by atoms with Gasteiger partial charge in [-0.2, -0.15) is 0 Å². The van der Waals surface area contributed by atoms with Gasteiger partial charge in [-0.1, -0.05) is 13.3 Å². The lowest BCUT2D eigenvalue weighted by Crippen LogP contribution is -2.49. The minimum atomic E-state index is 0.807. The van der Waals surface area contributed by atoms with E-state index in [1.165, 1.54) is 51.7 Å². The third-order valence-electron chi connectivity index (χ3n) is 4.38. The van der Waals surface area contributed by atoms with E-state index in [1.54, 1.807) is 0 Å². The van der Waals surface area contributed by atoms with Crippen molar-refractivity contribution in [3.8, 4) is 0 Å². The summed E-state index contributed by atoms with van der Waals surface area (Å²) in [6, 6.07) is 0.807. The molecule has 15 heavy (non-hydrogen) atoms. The summed E-state index contributed by atoms with van der Waals surface area (Å²) in [6.45, 7) is 6.46. The SMILES string of the molecule is CCC1CN(CC2CCC(NC)CC2)C1. The number of hydrogen-bond acceptors (Lipinski definition) is 2. The van der Waals surface area contributed by atoms with Gasteiger partial charge in [0.25, 0.3) is 0 Å². The van der Waals surface area contributed by atoms with Crippen LogP contribution in [0.3, 0.4) is 0 Å². The van der Waals surface area contributed by atoms with E-state index in [2.05, 4.69) is 24.2 Å². The minimum absolute atomic E-state index is 0.807. The average molecular weight is 210 g/mol. The topological polar surface area (TPSA) is 15.3 Å². The number of nitrogens with one attached hydrogen (secondary N) is 1. The molecule has 1 saturated carbocycles. The first-order valence-electron chi connectivity index (χ1n) is 6.71. The molecule has 2 heteroatoms. The van der Waals surface area contributed by atoms with Crippen molar-refractivity contribution in [2.24, 2.45) is 11.8 Å². The van der Waals surface area contributed by atoms with Crippen LogP contribution in [-0.2, 0) is 0 Å². The lowest BCUT2D eigenvalue weighted by atomic mass is 9.84. The van der Waals surface area contributed by atoms with Gasteiger partial charge in [-0.15, -0.1) is 0 Å². The van der Waals surface area contributed by atoms with Gasteiger partial charge in [0.2, 0.25) is 0 Å². The predicted octanol–water partition coefficient (Wildman–Crippen LogP) is 2.11. The molecular formula is C13H26N2. The second kappa shape index (κ2) is 5.31. The molecule has 1 aliphatic carbocycles.